The Hall–Kier alpha value is -2.34. The first-order chi connectivity index (χ1) is 15.5. The van der Waals surface area contributed by atoms with Crippen LogP contribution in [0.1, 0.15) is 60.9 Å². The maximum atomic E-state index is 5.36. The topological polar surface area (TPSA) is 62.3 Å². The SMILES string of the molecule is COc1ccc(CNCC2CCC(Nc3nc4c(c(N(C)C)n3)CCCC4)CC2)cc1C. The number of nitrogens with zero attached hydrogens (tertiary/aromatic N) is 3. The van der Waals surface area contributed by atoms with Gasteiger partial charge in [0.05, 0.1) is 12.8 Å². The Balaban J connectivity index is 1.25. The number of methoxy groups -OCH3 is 1. The van der Waals surface area contributed by atoms with Gasteiger partial charge in [0.15, 0.2) is 0 Å². The van der Waals surface area contributed by atoms with Gasteiger partial charge in [-0.1, -0.05) is 12.1 Å². The lowest BCUT2D eigenvalue weighted by atomic mass is 9.86. The minimum Gasteiger partial charge on any atom is -0.496 e. The van der Waals surface area contributed by atoms with Gasteiger partial charge in [-0.25, -0.2) is 4.98 Å². The molecule has 0 saturated heterocycles. The van der Waals surface area contributed by atoms with Crippen molar-refractivity contribution >= 4 is 11.8 Å². The molecule has 0 unspecified atom stereocenters. The predicted molar refractivity (Wildman–Crippen MR) is 132 cm³/mol. The standard InChI is InChI=1S/C26H39N5O/c1-18-15-20(11-14-24(18)32-4)17-27-16-19-9-12-21(13-10-19)28-26-29-23-8-6-5-7-22(23)25(30-26)31(2)3/h11,14-15,19,21,27H,5-10,12-13,16-17H2,1-4H3,(H,28,29,30). The molecule has 1 fully saturated rings. The number of fused-ring (bicyclic) bond motifs is 1. The molecule has 4 rings (SSSR count). The maximum absolute atomic E-state index is 5.36. The van der Waals surface area contributed by atoms with Gasteiger partial charge < -0.3 is 20.3 Å². The number of anilines is 2. The van der Waals surface area contributed by atoms with Gasteiger partial charge in [0.25, 0.3) is 0 Å². The van der Waals surface area contributed by atoms with Crippen LogP contribution in [0.4, 0.5) is 11.8 Å². The van der Waals surface area contributed by atoms with Crippen LogP contribution in [0.15, 0.2) is 18.2 Å². The van der Waals surface area contributed by atoms with Crippen LogP contribution in [0.3, 0.4) is 0 Å². The van der Waals surface area contributed by atoms with Crippen molar-refractivity contribution in [2.75, 3.05) is 38.0 Å². The molecule has 2 aliphatic carbocycles. The van der Waals surface area contributed by atoms with Gasteiger partial charge in [-0.3, -0.25) is 0 Å². The van der Waals surface area contributed by atoms with Crippen molar-refractivity contribution in [1.82, 2.24) is 15.3 Å². The van der Waals surface area contributed by atoms with E-state index in [9.17, 15) is 0 Å². The Kier molecular flexibility index (Phi) is 7.51. The monoisotopic (exact) mass is 437 g/mol. The summed E-state index contributed by atoms with van der Waals surface area (Å²) in [6, 6.07) is 6.91. The average molecular weight is 438 g/mol. The number of aryl methyl sites for hydroxylation is 2. The van der Waals surface area contributed by atoms with Crippen molar-refractivity contribution in [2.24, 2.45) is 5.92 Å². The summed E-state index contributed by atoms with van der Waals surface area (Å²) in [5.41, 5.74) is 5.12. The molecule has 2 aromatic rings. The van der Waals surface area contributed by atoms with E-state index in [0.717, 1.165) is 49.4 Å². The first-order valence-corrected chi connectivity index (χ1v) is 12.2. The lowest BCUT2D eigenvalue weighted by Gasteiger charge is -2.30. The fourth-order valence-corrected chi connectivity index (χ4v) is 5.17. The fourth-order valence-electron chi connectivity index (χ4n) is 5.17. The van der Waals surface area contributed by atoms with Crippen molar-refractivity contribution in [3.63, 3.8) is 0 Å². The Morgan fingerprint density at radius 3 is 2.56 bits per heavy atom. The van der Waals surface area contributed by atoms with E-state index < -0.39 is 0 Å². The van der Waals surface area contributed by atoms with Gasteiger partial charge in [-0.05, 0) is 87.9 Å². The van der Waals surface area contributed by atoms with Gasteiger partial charge in [0.1, 0.15) is 11.6 Å². The van der Waals surface area contributed by atoms with E-state index in [1.807, 2.05) is 0 Å². The summed E-state index contributed by atoms with van der Waals surface area (Å²) in [5, 5.41) is 7.33. The Labute approximate surface area is 193 Å². The normalized spacial score (nSPS) is 20.5. The zero-order valence-corrected chi connectivity index (χ0v) is 20.2. The van der Waals surface area contributed by atoms with Crippen molar-refractivity contribution in [3.8, 4) is 5.75 Å². The van der Waals surface area contributed by atoms with E-state index in [1.165, 1.54) is 60.9 Å². The third-order valence-corrected chi connectivity index (χ3v) is 6.99. The minimum absolute atomic E-state index is 0.479. The Morgan fingerprint density at radius 2 is 1.84 bits per heavy atom. The number of nitrogens with one attached hydrogen (secondary N) is 2. The van der Waals surface area contributed by atoms with Crippen LogP contribution in [0.5, 0.6) is 5.75 Å². The molecule has 1 aromatic heterocycles. The van der Waals surface area contributed by atoms with Crippen molar-refractivity contribution < 1.29 is 4.74 Å². The zero-order chi connectivity index (χ0) is 22.5. The molecule has 0 radical (unpaired) electrons. The van der Waals surface area contributed by atoms with E-state index in [4.69, 9.17) is 14.7 Å². The molecule has 1 aromatic carbocycles. The minimum atomic E-state index is 0.479. The molecule has 1 heterocycles. The summed E-state index contributed by atoms with van der Waals surface area (Å²) in [7, 11) is 5.91. The summed E-state index contributed by atoms with van der Waals surface area (Å²) in [6.07, 6.45) is 9.55. The molecule has 0 aliphatic heterocycles. The van der Waals surface area contributed by atoms with Gasteiger partial charge in [-0.15, -0.1) is 0 Å². The Morgan fingerprint density at radius 1 is 1.06 bits per heavy atom. The summed E-state index contributed by atoms with van der Waals surface area (Å²) < 4.78 is 5.36. The molecule has 2 aliphatic rings. The predicted octanol–water partition coefficient (Wildman–Crippen LogP) is 4.50. The van der Waals surface area contributed by atoms with E-state index in [2.05, 4.69) is 54.8 Å². The number of ether oxygens (including phenoxy) is 1. The number of aromatic nitrogens is 2. The number of rotatable bonds is 8. The summed E-state index contributed by atoms with van der Waals surface area (Å²) in [6.45, 7) is 4.10. The van der Waals surface area contributed by atoms with Crippen LogP contribution in [0, 0.1) is 12.8 Å². The van der Waals surface area contributed by atoms with Crippen molar-refractivity contribution in [1.29, 1.82) is 0 Å². The van der Waals surface area contributed by atoms with Crippen LogP contribution in [0.25, 0.3) is 0 Å². The number of hydrogen-bond donors (Lipinski definition) is 2. The first kappa shape index (κ1) is 22.8. The lowest BCUT2D eigenvalue weighted by molar-refractivity contribution is 0.323. The second kappa shape index (κ2) is 10.5. The molecule has 0 bridgehead atoms. The molecule has 0 spiro atoms. The van der Waals surface area contributed by atoms with E-state index in [-0.39, 0.29) is 0 Å². The second-order valence-electron chi connectivity index (χ2n) is 9.69. The Bertz CT molecular complexity index is 905. The number of benzene rings is 1. The molecule has 32 heavy (non-hydrogen) atoms. The third-order valence-electron chi connectivity index (χ3n) is 6.99. The summed E-state index contributed by atoms with van der Waals surface area (Å²) >= 11 is 0. The van der Waals surface area contributed by atoms with Crippen molar-refractivity contribution in [3.05, 3.63) is 40.6 Å². The largest absolute Gasteiger partial charge is 0.496 e. The summed E-state index contributed by atoms with van der Waals surface area (Å²) in [5.74, 6) is 3.63. The lowest BCUT2D eigenvalue weighted by Crippen LogP contribution is -2.32. The molecule has 6 heteroatoms. The molecule has 174 valence electrons. The quantitative estimate of drug-likeness (QED) is 0.634. The third kappa shape index (κ3) is 5.52. The average Bonchev–Trinajstić information content (AvgIpc) is 2.80. The van der Waals surface area contributed by atoms with Crippen molar-refractivity contribution in [2.45, 2.75) is 70.9 Å². The highest BCUT2D eigenvalue weighted by Crippen LogP contribution is 2.30. The number of hydrogen-bond acceptors (Lipinski definition) is 6. The molecule has 2 N–H and O–H groups in total. The molecular weight excluding hydrogens is 398 g/mol. The first-order valence-electron chi connectivity index (χ1n) is 12.2. The van der Waals surface area contributed by atoms with Gasteiger partial charge in [0.2, 0.25) is 5.95 Å². The van der Waals surface area contributed by atoms with Gasteiger partial charge >= 0.3 is 0 Å². The van der Waals surface area contributed by atoms with E-state index in [1.54, 1.807) is 7.11 Å². The van der Waals surface area contributed by atoms with E-state index >= 15 is 0 Å². The van der Waals surface area contributed by atoms with Crippen LogP contribution >= 0.6 is 0 Å². The molecule has 0 amide bonds. The van der Waals surface area contributed by atoms with Crippen LogP contribution in [0.2, 0.25) is 0 Å². The fraction of sp³-hybridized carbons (Fsp3) is 0.615. The molecule has 0 atom stereocenters. The molecule has 6 nitrogen and oxygen atoms in total. The molecule has 1 saturated carbocycles. The highest BCUT2D eigenvalue weighted by molar-refractivity contribution is 5.53. The summed E-state index contributed by atoms with van der Waals surface area (Å²) in [4.78, 5) is 11.9. The molecular formula is C26H39N5O. The smallest absolute Gasteiger partial charge is 0.225 e. The second-order valence-corrected chi connectivity index (χ2v) is 9.69. The highest BCUT2D eigenvalue weighted by atomic mass is 16.5. The van der Waals surface area contributed by atoms with Gasteiger partial charge in [-0.2, -0.15) is 4.98 Å². The van der Waals surface area contributed by atoms with E-state index in [0.29, 0.717) is 6.04 Å². The highest BCUT2D eigenvalue weighted by Gasteiger charge is 2.24. The zero-order valence-electron chi connectivity index (χ0n) is 20.2. The van der Waals surface area contributed by atoms with Gasteiger partial charge in [0, 0.05) is 32.2 Å². The maximum Gasteiger partial charge on any atom is 0.225 e. The van der Waals surface area contributed by atoms with Crippen LogP contribution < -0.4 is 20.3 Å². The van der Waals surface area contributed by atoms with Crippen LogP contribution in [-0.4, -0.2) is 43.8 Å². The van der Waals surface area contributed by atoms with Crippen LogP contribution in [-0.2, 0) is 19.4 Å².